The molecular formula is C33H45N5O11. The Hall–Kier alpha value is -4.32. The molecule has 2 aliphatic rings. The Kier molecular flexibility index (Phi) is 13.3. The maximum atomic E-state index is 13.8. The summed E-state index contributed by atoms with van der Waals surface area (Å²) in [6, 6.07) is 8.87. The van der Waals surface area contributed by atoms with Crippen molar-refractivity contribution < 1.29 is 54.2 Å². The first-order valence-electron chi connectivity index (χ1n) is 16.2. The molecule has 0 aliphatic carbocycles. The molecule has 8 atom stereocenters. The van der Waals surface area contributed by atoms with E-state index in [2.05, 4.69) is 10.6 Å². The molecule has 16 nitrogen and oxygen atoms in total. The van der Waals surface area contributed by atoms with Gasteiger partial charge in [-0.1, -0.05) is 12.1 Å². The number of ether oxygens (including phenoxy) is 2. The second kappa shape index (κ2) is 17.4. The Morgan fingerprint density at radius 2 is 1.63 bits per heavy atom. The molecule has 2 saturated heterocycles. The molecular weight excluding hydrogens is 642 g/mol. The zero-order valence-corrected chi connectivity index (χ0v) is 26.9. The van der Waals surface area contributed by atoms with Crippen LogP contribution in [0.2, 0.25) is 0 Å². The van der Waals surface area contributed by atoms with Crippen LogP contribution in [0.25, 0.3) is 0 Å². The average molecular weight is 688 g/mol. The molecule has 2 heterocycles. The van der Waals surface area contributed by atoms with Crippen molar-refractivity contribution in [3.8, 4) is 11.5 Å². The lowest BCUT2D eigenvalue weighted by Crippen LogP contribution is -2.60. The fourth-order valence-electron chi connectivity index (χ4n) is 5.84. The van der Waals surface area contributed by atoms with Gasteiger partial charge in [0.25, 0.3) is 5.91 Å². The number of carbonyl (C=O) groups is 4. The lowest BCUT2D eigenvalue weighted by atomic mass is 9.99. The van der Waals surface area contributed by atoms with Crippen LogP contribution >= 0.6 is 0 Å². The Bertz CT molecular complexity index is 1430. The lowest BCUT2D eigenvalue weighted by Gasteiger charge is -2.39. The third kappa shape index (κ3) is 9.65. The fourth-order valence-corrected chi connectivity index (χ4v) is 5.84. The van der Waals surface area contributed by atoms with Gasteiger partial charge in [-0.25, -0.2) is 0 Å². The number of hydrogen-bond donors (Lipinski definition) is 9. The van der Waals surface area contributed by atoms with Gasteiger partial charge >= 0.3 is 0 Å². The molecule has 0 saturated carbocycles. The first kappa shape index (κ1) is 37.5. The van der Waals surface area contributed by atoms with E-state index >= 15 is 0 Å². The predicted octanol–water partition coefficient (Wildman–Crippen LogP) is -2.00. The predicted molar refractivity (Wildman–Crippen MR) is 173 cm³/mol. The van der Waals surface area contributed by atoms with E-state index in [4.69, 9.17) is 20.9 Å². The van der Waals surface area contributed by atoms with E-state index in [0.717, 1.165) is 0 Å². The van der Waals surface area contributed by atoms with Crippen LogP contribution in [0.1, 0.15) is 48.0 Å². The summed E-state index contributed by atoms with van der Waals surface area (Å²) >= 11 is 0. The number of rotatable bonds is 15. The molecule has 2 fully saturated rings. The number of primary amides is 1. The van der Waals surface area contributed by atoms with Gasteiger partial charge in [0.2, 0.25) is 24.0 Å². The summed E-state index contributed by atoms with van der Waals surface area (Å²) in [5.74, 6) is -2.13. The number of aromatic hydroxyl groups is 1. The number of benzene rings is 2. The highest BCUT2D eigenvalue weighted by atomic mass is 16.7. The molecule has 0 bridgehead atoms. The van der Waals surface area contributed by atoms with E-state index in [-0.39, 0.29) is 36.4 Å². The number of hydrogen-bond acceptors (Lipinski definition) is 12. The second-order valence-electron chi connectivity index (χ2n) is 12.2. The highest BCUT2D eigenvalue weighted by Gasteiger charge is 2.45. The van der Waals surface area contributed by atoms with Crippen molar-refractivity contribution >= 4 is 23.6 Å². The van der Waals surface area contributed by atoms with Gasteiger partial charge in [-0.3, -0.25) is 19.2 Å². The van der Waals surface area contributed by atoms with Crippen LogP contribution in [0.15, 0.2) is 48.5 Å². The fraction of sp³-hybridized carbons (Fsp3) is 0.515. The van der Waals surface area contributed by atoms with E-state index in [1.807, 2.05) is 0 Å². The molecule has 0 aromatic heterocycles. The Labute approximate surface area is 283 Å². The van der Waals surface area contributed by atoms with Crippen LogP contribution in [-0.4, -0.2) is 123 Å². The number of phenolic OH excluding ortho intramolecular Hbond substituents is 1. The molecule has 0 spiro atoms. The van der Waals surface area contributed by atoms with Gasteiger partial charge in [0.05, 0.1) is 6.61 Å². The molecule has 2 aromatic rings. The number of aliphatic hydroxyl groups excluding tert-OH is 4. The van der Waals surface area contributed by atoms with Gasteiger partial charge < -0.3 is 62.0 Å². The second-order valence-corrected chi connectivity index (χ2v) is 12.2. The molecule has 2 aromatic carbocycles. The van der Waals surface area contributed by atoms with Gasteiger partial charge in [-0.15, -0.1) is 0 Å². The highest BCUT2D eigenvalue weighted by molar-refractivity contribution is 5.99. The molecule has 2 aliphatic heterocycles. The summed E-state index contributed by atoms with van der Waals surface area (Å²) in [5.41, 5.74) is 12.1. The number of amides is 4. The van der Waals surface area contributed by atoms with Crippen LogP contribution in [0.5, 0.6) is 11.5 Å². The smallest absolute Gasteiger partial charge is 0.251 e. The standard InChI is InChI=1S/C33H45N5O11/c34-14-2-1-4-22(36-30(45)19-8-12-21(13-9-19)48-33-28(43)27(42)26(41)25(17-39)49-33)32(47)38-15-3-5-24(38)31(46)37-23(29(35)44)16-18-6-10-20(40)11-7-18/h6-13,22-28,33,39-43H,1-5,14-17,34H2,(H2,35,44)(H,36,45)(H,37,46)/t22-,23-,24-,25+,26-,27-,28+,33+/m0/s1. The summed E-state index contributed by atoms with van der Waals surface area (Å²) in [4.78, 5) is 54.1. The highest BCUT2D eigenvalue weighted by Crippen LogP contribution is 2.25. The van der Waals surface area contributed by atoms with Crippen molar-refractivity contribution in [1.82, 2.24) is 15.5 Å². The molecule has 16 heteroatoms. The Morgan fingerprint density at radius 3 is 2.27 bits per heavy atom. The van der Waals surface area contributed by atoms with Gasteiger partial charge in [0, 0.05) is 18.5 Å². The largest absolute Gasteiger partial charge is 0.508 e. The normalized spacial score (nSPS) is 24.9. The van der Waals surface area contributed by atoms with Gasteiger partial charge in [0.1, 0.15) is 54.0 Å². The molecule has 0 radical (unpaired) electrons. The first-order chi connectivity index (χ1) is 23.4. The van der Waals surface area contributed by atoms with E-state index in [9.17, 15) is 44.7 Å². The van der Waals surface area contributed by atoms with Crippen molar-refractivity contribution in [2.75, 3.05) is 19.7 Å². The Morgan fingerprint density at radius 1 is 0.939 bits per heavy atom. The van der Waals surface area contributed by atoms with Crippen LogP contribution in [0.3, 0.4) is 0 Å². The SMILES string of the molecule is NCCCC[C@H](NC(=O)c1ccc(O[C@@H]2O[C@H](CO)[C@H](O)[C@H](O)[C@H]2O)cc1)C(=O)N1CCC[C@H]1C(=O)N[C@@H](Cc1ccc(O)cc1)C(N)=O. The van der Waals surface area contributed by atoms with Crippen LogP contribution in [0.4, 0.5) is 0 Å². The van der Waals surface area contributed by atoms with E-state index in [1.54, 1.807) is 12.1 Å². The molecule has 11 N–H and O–H groups in total. The Balaban J connectivity index is 1.41. The minimum atomic E-state index is -1.62. The van der Waals surface area contributed by atoms with Crippen LogP contribution in [-0.2, 0) is 25.5 Å². The van der Waals surface area contributed by atoms with Gasteiger partial charge in [-0.05, 0) is 80.6 Å². The summed E-state index contributed by atoms with van der Waals surface area (Å²) in [7, 11) is 0. The number of likely N-dealkylation sites (tertiary alicyclic amines) is 1. The zero-order valence-electron chi connectivity index (χ0n) is 26.9. The van der Waals surface area contributed by atoms with Crippen molar-refractivity contribution in [2.45, 2.75) is 87.4 Å². The number of carbonyl (C=O) groups excluding carboxylic acids is 4. The number of phenols is 1. The number of aliphatic hydroxyl groups is 4. The van der Waals surface area contributed by atoms with Gasteiger partial charge in [0.15, 0.2) is 0 Å². The summed E-state index contributed by atoms with van der Waals surface area (Å²) in [5, 5.41) is 54.6. The summed E-state index contributed by atoms with van der Waals surface area (Å²) < 4.78 is 10.9. The van der Waals surface area contributed by atoms with Crippen molar-refractivity contribution in [2.24, 2.45) is 11.5 Å². The molecule has 49 heavy (non-hydrogen) atoms. The zero-order chi connectivity index (χ0) is 35.7. The van der Waals surface area contributed by atoms with E-state index in [1.165, 1.54) is 41.3 Å². The van der Waals surface area contributed by atoms with E-state index in [0.29, 0.717) is 37.8 Å². The number of unbranched alkanes of at least 4 members (excludes halogenated alkanes) is 1. The van der Waals surface area contributed by atoms with Crippen LogP contribution in [0, 0.1) is 0 Å². The van der Waals surface area contributed by atoms with Crippen molar-refractivity contribution in [3.63, 3.8) is 0 Å². The average Bonchev–Trinajstić information content (AvgIpc) is 3.59. The monoisotopic (exact) mass is 687 g/mol. The number of nitrogens with zero attached hydrogens (tertiary/aromatic N) is 1. The third-order valence-corrected chi connectivity index (χ3v) is 8.64. The van der Waals surface area contributed by atoms with Crippen molar-refractivity contribution in [1.29, 1.82) is 0 Å². The maximum absolute atomic E-state index is 13.8. The lowest BCUT2D eigenvalue weighted by molar-refractivity contribution is -0.277. The van der Waals surface area contributed by atoms with Gasteiger partial charge in [-0.2, -0.15) is 0 Å². The van der Waals surface area contributed by atoms with E-state index < -0.39 is 79.1 Å². The quantitative estimate of drug-likeness (QED) is 0.0921. The van der Waals surface area contributed by atoms with Crippen LogP contribution < -0.4 is 26.8 Å². The summed E-state index contributed by atoms with van der Waals surface area (Å²) in [6.45, 7) is 0.0330. The molecule has 268 valence electrons. The number of nitrogens with one attached hydrogen (secondary N) is 2. The molecule has 0 unspecified atom stereocenters. The molecule has 4 amide bonds. The first-order valence-corrected chi connectivity index (χ1v) is 16.2. The van der Waals surface area contributed by atoms with Crippen molar-refractivity contribution in [3.05, 3.63) is 59.7 Å². The minimum absolute atomic E-state index is 0.0505. The minimum Gasteiger partial charge on any atom is -0.508 e. The topological polar surface area (TPSA) is 267 Å². The third-order valence-electron chi connectivity index (χ3n) is 8.64. The number of nitrogens with two attached hydrogens (primary N) is 2. The maximum Gasteiger partial charge on any atom is 0.251 e. The molecule has 4 rings (SSSR count). The summed E-state index contributed by atoms with van der Waals surface area (Å²) in [6.07, 6.45) is -4.98.